The fraction of sp³-hybridized carbons (Fsp3) is 0.444. The predicted molar refractivity (Wildman–Crippen MR) is 132 cm³/mol. The molecule has 0 aliphatic heterocycles. The van der Waals surface area contributed by atoms with E-state index in [0.717, 1.165) is 19.3 Å². The van der Waals surface area contributed by atoms with Crippen LogP contribution in [0, 0.1) is 0 Å². The van der Waals surface area contributed by atoms with Crippen LogP contribution in [0.15, 0.2) is 72.8 Å². The van der Waals surface area contributed by atoms with Crippen LogP contribution in [0.1, 0.15) is 60.8 Å². The number of carbonyl (C=O) groups excluding carboxylic acids is 1. The zero-order chi connectivity index (χ0) is 23.0. The van der Waals surface area contributed by atoms with E-state index in [4.69, 9.17) is 9.16 Å². The van der Waals surface area contributed by atoms with Crippen LogP contribution in [0.25, 0.3) is 0 Å². The van der Waals surface area contributed by atoms with Gasteiger partial charge in [-0.25, -0.2) is 4.79 Å². The summed E-state index contributed by atoms with van der Waals surface area (Å²) < 4.78 is 12.2. The van der Waals surface area contributed by atoms with Crippen molar-refractivity contribution >= 4 is 24.7 Å². The van der Waals surface area contributed by atoms with Crippen molar-refractivity contribution in [3.63, 3.8) is 0 Å². The number of esters is 1. The number of rotatable bonds is 9. The molecule has 4 heteroatoms. The molecule has 0 aliphatic rings. The lowest BCUT2D eigenvalue weighted by Gasteiger charge is -2.43. The van der Waals surface area contributed by atoms with Gasteiger partial charge in [0.2, 0.25) is 0 Å². The van der Waals surface area contributed by atoms with E-state index in [1.54, 1.807) is 0 Å². The highest BCUT2D eigenvalue weighted by Gasteiger charge is 2.49. The minimum absolute atomic E-state index is 0.00762. The minimum Gasteiger partial charge on any atom is -0.457 e. The second kappa shape index (κ2) is 10.9. The molecule has 0 atom stereocenters. The van der Waals surface area contributed by atoms with Crippen LogP contribution in [0.4, 0.5) is 0 Å². The maximum atomic E-state index is 11.8. The highest BCUT2D eigenvalue weighted by atomic mass is 28.4. The van der Waals surface area contributed by atoms with Gasteiger partial charge >= 0.3 is 5.97 Å². The molecule has 0 amide bonds. The molecule has 0 unspecified atom stereocenters. The van der Waals surface area contributed by atoms with Crippen molar-refractivity contribution in [2.24, 2.45) is 0 Å². The van der Waals surface area contributed by atoms with E-state index < -0.39 is 13.9 Å². The summed E-state index contributed by atoms with van der Waals surface area (Å²) in [7, 11) is -2.45. The molecule has 0 aliphatic carbocycles. The molecule has 0 radical (unpaired) electrons. The zero-order valence-corrected chi connectivity index (χ0v) is 21.0. The zero-order valence-electron chi connectivity index (χ0n) is 20.0. The Labute approximate surface area is 189 Å². The van der Waals surface area contributed by atoms with Crippen LogP contribution in [-0.2, 0) is 14.0 Å². The van der Waals surface area contributed by atoms with Crippen molar-refractivity contribution in [3.8, 4) is 0 Å². The quantitative estimate of drug-likeness (QED) is 0.220. The van der Waals surface area contributed by atoms with Gasteiger partial charge in [0.1, 0.15) is 5.60 Å². The molecule has 3 nitrogen and oxygen atoms in total. The fourth-order valence-corrected chi connectivity index (χ4v) is 8.47. The second-order valence-corrected chi connectivity index (χ2v) is 14.2. The second-order valence-electron chi connectivity index (χ2n) is 9.94. The Balaban J connectivity index is 2.06. The normalized spacial score (nSPS) is 12.8. The Bertz CT molecular complexity index is 791. The number of hydrogen-bond donors (Lipinski definition) is 0. The largest absolute Gasteiger partial charge is 0.457 e. The Hall–Kier alpha value is -2.17. The summed E-state index contributed by atoms with van der Waals surface area (Å²) in [5, 5.41) is 2.60. The first-order chi connectivity index (χ1) is 14.6. The number of benzene rings is 2. The molecule has 2 rings (SSSR count). The Morgan fingerprint density at radius 1 is 0.839 bits per heavy atom. The molecule has 31 heavy (non-hydrogen) atoms. The van der Waals surface area contributed by atoms with Crippen molar-refractivity contribution in [2.45, 2.75) is 71.4 Å². The van der Waals surface area contributed by atoms with E-state index in [9.17, 15) is 4.79 Å². The van der Waals surface area contributed by atoms with E-state index in [1.165, 1.54) is 16.4 Å². The number of ether oxygens (including phenoxy) is 1. The summed E-state index contributed by atoms with van der Waals surface area (Å²) in [5.74, 6) is -0.281. The van der Waals surface area contributed by atoms with E-state index in [-0.39, 0.29) is 11.0 Å². The molecule has 0 spiro atoms. The Morgan fingerprint density at radius 2 is 1.35 bits per heavy atom. The van der Waals surface area contributed by atoms with Gasteiger partial charge in [-0.15, -0.1) is 0 Å². The summed E-state index contributed by atoms with van der Waals surface area (Å²) in [6, 6.07) is 21.4. The van der Waals surface area contributed by atoms with Crippen LogP contribution >= 0.6 is 0 Å². The fourth-order valence-electron chi connectivity index (χ4n) is 3.87. The Morgan fingerprint density at radius 3 is 1.81 bits per heavy atom. The van der Waals surface area contributed by atoms with Crippen LogP contribution < -0.4 is 10.4 Å². The van der Waals surface area contributed by atoms with E-state index in [0.29, 0.717) is 6.61 Å². The molecule has 0 bridgehead atoms. The molecule has 0 heterocycles. The van der Waals surface area contributed by atoms with Gasteiger partial charge < -0.3 is 9.16 Å². The van der Waals surface area contributed by atoms with E-state index in [2.05, 4.69) is 81.4 Å². The van der Waals surface area contributed by atoms with E-state index >= 15 is 0 Å². The van der Waals surface area contributed by atoms with Crippen molar-refractivity contribution < 1.29 is 14.0 Å². The molecule has 0 fully saturated rings. The molecule has 0 N–H and O–H groups in total. The third-order valence-electron chi connectivity index (χ3n) is 5.16. The van der Waals surface area contributed by atoms with Gasteiger partial charge in [0.25, 0.3) is 8.32 Å². The van der Waals surface area contributed by atoms with Crippen molar-refractivity contribution in [3.05, 3.63) is 72.8 Å². The highest BCUT2D eigenvalue weighted by molar-refractivity contribution is 6.99. The molecular weight excluding hydrogens is 400 g/mol. The summed E-state index contributed by atoms with van der Waals surface area (Å²) >= 11 is 0. The summed E-state index contributed by atoms with van der Waals surface area (Å²) in [6.07, 6.45) is 6.19. The minimum atomic E-state index is -2.45. The van der Waals surface area contributed by atoms with Crippen molar-refractivity contribution in [2.75, 3.05) is 6.61 Å². The van der Waals surface area contributed by atoms with Gasteiger partial charge in [-0.1, -0.05) is 87.5 Å². The van der Waals surface area contributed by atoms with E-state index in [1.807, 2.05) is 26.8 Å². The average molecular weight is 439 g/mol. The molecule has 168 valence electrons. The van der Waals surface area contributed by atoms with Crippen molar-refractivity contribution in [1.29, 1.82) is 0 Å². The molecule has 2 aromatic carbocycles. The first-order valence-corrected chi connectivity index (χ1v) is 13.1. The SMILES string of the molecule is CC(C)(C)OC(=O)/C=C/CCCCO[Si](c1ccccc1)(c1ccccc1)C(C)(C)C. The predicted octanol–water partition coefficient (Wildman–Crippen LogP) is 5.63. The summed E-state index contributed by atoms with van der Waals surface area (Å²) in [6.45, 7) is 13.2. The highest BCUT2D eigenvalue weighted by Crippen LogP contribution is 2.36. The standard InChI is InChI=1S/C27H38O3Si/c1-26(2,3)30-25(28)21-15-7-8-16-22-29-31(27(4,5)6,23-17-11-9-12-18-23)24-19-13-10-14-20-24/h9-15,17-21H,7-8,16,22H2,1-6H3/b21-15+. The lowest BCUT2D eigenvalue weighted by molar-refractivity contribution is -0.148. The molecule has 2 aromatic rings. The smallest absolute Gasteiger partial charge is 0.330 e. The maximum Gasteiger partial charge on any atom is 0.330 e. The van der Waals surface area contributed by atoms with Gasteiger partial charge in [0.15, 0.2) is 0 Å². The number of hydrogen-bond acceptors (Lipinski definition) is 3. The van der Waals surface area contributed by atoms with Gasteiger partial charge in [-0.2, -0.15) is 0 Å². The van der Waals surface area contributed by atoms with Crippen LogP contribution in [0.3, 0.4) is 0 Å². The topological polar surface area (TPSA) is 35.5 Å². The lowest BCUT2D eigenvalue weighted by Crippen LogP contribution is -2.66. The monoisotopic (exact) mass is 438 g/mol. The van der Waals surface area contributed by atoms with Crippen LogP contribution in [0.2, 0.25) is 5.04 Å². The summed E-state index contributed by atoms with van der Waals surface area (Å²) in [5.41, 5.74) is -0.453. The summed E-state index contributed by atoms with van der Waals surface area (Å²) in [4.78, 5) is 11.8. The number of unbranched alkanes of at least 4 members (excludes halogenated alkanes) is 2. The molecule has 0 saturated carbocycles. The van der Waals surface area contributed by atoms with Gasteiger partial charge in [-0.3, -0.25) is 0 Å². The molecule has 0 saturated heterocycles. The average Bonchev–Trinajstić information content (AvgIpc) is 2.69. The van der Waals surface area contributed by atoms with Gasteiger partial charge in [-0.05, 0) is 55.4 Å². The number of carbonyl (C=O) groups is 1. The maximum absolute atomic E-state index is 11.8. The van der Waals surface area contributed by atoms with Gasteiger partial charge in [0.05, 0.1) is 0 Å². The third kappa shape index (κ3) is 7.18. The van der Waals surface area contributed by atoms with Crippen molar-refractivity contribution in [1.82, 2.24) is 0 Å². The first-order valence-electron chi connectivity index (χ1n) is 11.2. The van der Waals surface area contributed by atoms with Crippen LogP contribution in [0.5, 0.6) is 0 Å². The Kier molecular flexibility index (Phi) is 8.84. The first kappa shape index (κ1) is 25.1. The molecule has 0 aromatic heterocycles. The number of allylic oxidation sites excluding steroid dienone is 1. The molecular formula is C27H38O3Si. The van der Waals surface area contributed by atoms with Gasteiger partial charge in [0, 0.05) is 12.7 Å². The van der Waals surface area contributed by atoms with Crippen LogP contribution in [-0.4, -0.2) is 26.5 Å². The third-order valence-corrected chi connectivity index (χ3v) is 10.2. The lowest BCUT2D eigenvalue weighted by atomic mass is 10.2.